The largest absolute Gasteiger partial charge is 0.494 e. The Hall–Kier alpha value is -2.52. The number of hydrogen-bond donors (Lipinski definition) is 0. The molecule has 3 rings (SSSR count). The van der Waals surface area contributed by atoms with Gasteiger partial charge in [0.15, 0.2) is 5.13 Å². The zero-order valence-corrected chi connectivity index (χ0v) is 17.1. The number of anilines is 1. The lowest BCUT2D eigenvalue weighted by Gasteiger charge is -2.23. The van der Waals surface area contributed by atoms with Crippen LogP contribution in [-0.4, -0.2) is 73.3 Å². The summed E-state index contributed by atoms with van der Waals surface area (Å²) < 4.78 is 6.28. The van der Waals surface area contributed by atoms with Gasteiger partial charge in [-0.3, -0.25) is 24.2 Å². The topological polar surface area (TPSA) is 83.0 Å². The van der Waals surface area contributed by atoms with Crippen LogP contribution in [0.4, 0.5) is 5.13 Å². The van der Waals surface area contributed by atoms with Crippen LogP contribution in [0.5, 0.6) is 5.75 Å². The van der Waals surface area contributed by atoms with Gasteiger partial charge in [0.1, 0.15) is 17.8 Å². The van der Waals surface area contributed by atoms with Crippen molar-refractivity contribution < 1.29 is 19.1 Å². The van der Waals surface area contributed by atoms with Gasteiger partial charge in [-0.2, -0.15) is 0 Å². The van der Waals surface area contributed by atoms with E-state index in [1.807, 2.05) is 37.2 Å². The monoisotopic (exact) mass is 404 g/mol. The fourth-order valence-electron chi connectivity index (χ4n) is 3.08. The Labute approximate surface area is 167 Å². The van der Waals surface area contributed by atoms with E-state index in [0.717, 1.165) is 22.6 Å². The molecule has 28 heavy (non-hydrogen) atoms. The van der Waals surface area contributed by atoms with E-state index in [2.05, 4.69) is 4.98 Å². The third-order valence-corrected chi connectivity index (χ3v) is 5.60. The third-order valence-electron chi connectivity index (χ3n) is 4.56. The van der Waals surface area contributed by atoms with Gasteiger partial charge in [-0.25, -0.2) is 4.98 Å². The second-order valence-corrected chi connectivity index (χ2v) is 7.89. The quantitative estimate of drug-likeness (QED) is 0.623. The van der Waals surface area contributed by atoms with Crippen LogP contribution in [0.15, 0.2) is 18.2 Å². The maximum absolute atomic E-state index is 13.0. The fraction of sp³-hybridized carbons (Fsp3) is 0.474. The van der Waals surface area contributed by atoms with Crippen molar-refractivity contribution in [2.45, 2.75) is 19.3 Å². The fourth-order valence-corrected chi connectivity index (χ4v) is 4.11. The molecule has 0 radical (unpaired) electrons. The minimum absolute atomic E-state index is 0.172. The summed E-state index contributed by atoms with van der Waals surface area (Å²) >= 11 is 1.39. The molecular weight excluding hydrogens is 380 g/mol. The van der Waals surface area contributed by atoms with E-state index in [0.29, 0.717) is 22.9 Å². The first-order valence-corrected chi connectivity index (χ1v) is 9.94. The summed E-state index contributed by atoms with van der Waals surface area (Å²) in [7, 11) is 5.52. The maximum atomic E-state index is 13.0. The molecule has 2 aromatic rings. The van der Waals surface area contributed by atoms with Crippen molar-refractivity contribution in [2.75, 3.05) is 45.7 Å². The highest BCUT2D eigenvalue weighted by Crippen LogP contribution is 2.34. The molecule has 8 nitrogen and oxygen atoms in total. The number of imide groups is 1. The van der Waals surface area contributed by atoms with E-state index in [1.165, 1.54) is 11.3 Å². The predicted octanol–water partition coefficient (Wildman–Crippen LogP) is 1.74. The predicted molar refractivity (Wildman–Crippen MR) is 108 cm³/mol. The van der Waals surface area contributed by atoms with Crippen molar-refractivity contribution in [3.05, 3.63) is 18.2 Å². The van der Waals surface area contributed by atoms with Crippen LogP contribution >= 0.6 is 11.3 Å². The van der Waals surface area contributed by atoms with E-state index < -0.39 is 0 Å². The summed E-state index contributed by atoms with van der Waals surface area (Å²) in [5, 5.41) is 0.544. The number of benzene rings is 1. The molecule has 1 aliphatic rings. The number of likely N-dealkylation sites (tertiary alicyclic amines) is 1. The number of methoxy groups -OCH3 is 1. The number of carbonyl (C=O) groups is 3. The summed E-state index contributed by atoms with van der Waals surface area (Å²) in [5.74, 6) is -0.249. The summed E-state index contributed by atoms with van der Waals surface area (Å²) in [6.07, 6.45) is 1.09. The first-order valence-electron chi connectivity index (χ1n) is 9.12. The van der Waals surface area contributed by atoms with Gasteiger partial charge >= 0.3 is 0 Å². The number of aromatic nitrogens is 1. The van der Waals surface area contributed by atoms with Crippen LogP contribution in [0, 0.1) is 0 Å². The van der Waals surface area contributed by atoms with Gasteiger partial charge in [0.25, 0.3) is 0 Å². The smallest absolute Gasteiger partial charge is 0.248 e. The first kappa shape index (κ1) is 20.2. The summed E-state index contributed by atoms with van der Waals surface area (Å²) in [4.78, 5) is 46.1. The van der Waals surface area contributed by atoms with Crippen molar-refractivity contribution in [1.82, 2.24) is 14.8 Å². The molecular formula is C19H24N4O4S. The van der Waals surface area contributed by atoms with E-state index in [4.69, 9.17) is 4.74 Å². The van der Waals surface area contributed by atoms with Crippen LogP contribution in [-0.2, 0) is 14.4 Å². The molecule has 1 aromatic heterocycles. The standard InChI is InChI=1S/C19H24N4O4S/c1-21(2)10-5-11-22(17(26)12-23-15(24)8-9-16(23)25)19-20-18-13(27-3)6-4-7-14(18)28-19/h4,6-7H,5,8-12H2,1-3H3. The Balaban J connectivity index is 1.87. The lowest BCUT2D eigenvalue weighted by molar-refractivity contribution is -0.141. The Bertz CT molecular complexity index is 879. The van der Waals surface area contributed by atoms with Crippen LogP contribution < -0.4 is 9.64 Å². The average Bonchev–Trinajstić information content (AvgIpc) is 3.23. The van der Waals surface area contributed by atoms with Gasteiger partial charge in [-0.15, -0.1) is 0 Å². The third kappa shape index (κ3) is 4.31. The van der Waals surface area contributed by atoms with Gasteiger partial charge in [-0.1, -0.05) is 17.4 Å². The molecule has 1 aliphatic heterocycles. The van der Waals surface area contributed by atoms with Crippen molar-refractivity contribution in [1.29, 1.82) is 0 Å². The molecule has 0 bridgehead atoms. The van der Waals surface area contributed by atoms with Crippen molar-refractivity contribution in [3.63, 3.8) is 0 Å². The number of para-hydroxylation sites is 1. The summed E-state index contributed by atoms with van der Waals surface area (Å²) in [6, 6.07) is 5.63. The Kier molecular flexibility index (Phi) is 6.25. The molecule has 2 heterocycles. The second-order valence-electron chi connectivity index (χ2n) is 6.88. The SMILES string of the molecule is COc1cccc2sc(N(CCCN(C)C)C(=O)CN3C(=O)CCC3=O)nc12. The Morgan fingerprint density at radius 1 is 1.21 bits per heavy atom. The number of hydrogen-bond acceptors (Lipinski definition) is 7. The molecule has 0 spiro atoms. The lowest BCUT2D eigenvalue weighted by atomic mass is 10.3. The van der Waals surface area contributed by atoms with Crippen molar-refractivity contribution in [2.24, 2.45) is 0 Å². The van der Waals surface area contributed by atoms with Crippen LogP contribution in [0.3, 0.4) is 0 Å². The average molecular weight is 404 g/mol. The number of nitrogens with zero attached hydrogens (tertiary/aromatic N) is 4. The Morgan fingerprint density at radius 3 is 2.57 bits per heavy atom. The maximum Gasteiger partial charge on any atom is 0.248 e. The molecule has 1 aromatic carbocycles. The molecule has 0 aliphatic carbocycles. The van der Waals surface area contributed by atoms with Crippen LogP contribution in [0.25, 0.3) is 10.2 Å². The van der Waals surface area contributed by atoms with Gasteiger partial charge in [-0.05, 0) is 39.2 Å². The molecule has 0 unspecified atom stereocenters. The number of amides is 3. The molecule has 1 fully saturated rings. The number of thiazole rings is 1. The van der Waals surface area contributed by atoms with E-state index >= 15 is 0 Å². The van der Waals surface area contributed by atoms with E-state index in [1.54, 1.807) is 12.0 Å². The zero-order valence-electron chi connectivity index (χ0n) is 16.3. The molecule has 150 valence electrons. The Morgan fingerprint density at radius 2 is 1.93 bits per heavy atom. The van der Waals surface area contributed by atoms with Gasteiger partial charge < -0.3 is 9.64 Å². The highest BCUT2D eigenvalue weighted by atomic mass is 32.1. The van der Waals surface area contributed by atoms with Gasteiger partial charge in [0, 0.05) is 19.4 Å². The molecule has 0 saturated carbocycles. The van der Waals surface area contributed by atoms with Crippen molar-refractivity contribution in [3.8, 4) is 5.75 Å². The summed E-state index contributed by atoms with van der Waals surface area (Å²) in [5.41, 5.74) is 0.698. The number of rotatable bonds is 8. The number of fused-ring (bicyclic) bond motifs is 1. The van der Waals surface area contributed by atoms with Crippen molar-refractivity contribution >= 4 is 44.4 Å². The normalized spacial score (nSPS) is 14.4. The minimum atomic E-state index is -0.305. The van der Waals surface area contributed by atoms with Crippen LogP contribution in [0.1, 0.15) is 19.3 Å². The molecule has 3 amide bonds. The number of ether oxygens (including phenoxy) is 1. The highest BCUT2D eigenvalue weighted by molar-refractivity contribution is 7.22. The highest BCUT2D eigenvalue weighted by Gasteiger charge is 2.32. The molecule has 1 saturated heterocycles. The molecule has 0 N–H and O–H groups in total. The summed E-state index contributed by atoms with van der Waals surface area (Å²) in [6.45, 7) is 1.02. The molecule has 0 atom stereocenters. The number of carbonyl (C=O) groups excluding carboxylic acids is 3. The van der Waals surface area contributed by atoms with Crippen LogP contribution in [0.2, 0.25) is 0 Å². The van der Waals surface area contributed by atoms with Gasteiger partial charge in [0.2, 0.25) is 17.7 Å². The van der Waals surface area contributed by atoms with Gasteiger partial charge in [0.05, 0.1) is 11.8 Å². The first-order chi connectivity index (χ1) is 13.4. The van der Waals surface area contributed by atoms with E-state index in [-0.39, 0.29) is 37.1 Å². The lowest BCUT2D eigenvalue weighted by Crippen LogP contribution is -2.43. The second kappa shape index (κ2) is 8.66. The zero-order chi connectivity index (χ0) is 20.3. The minimum Gasteiger partial charge on any atom is -0.494 e. The molecule has 9 heteroatoms. The van der Waals surface area contributed by atoms with E-state index in [9.17, 15) is 14.4 Å².